The van der Waals surface area contributed by atoms with Crippen LogP contribution in [0.3, 0.4) is 0 Å². The summed E-state index contributed by atoms with van der Waals surface area (Å²) in [7, 11) is 0. The second-order valence-electron chi connectivity index (χ2n) is 10.3. The number of carbonyl (C=O) groups excluding carboxylic acids is 5. The molecule has 0 aromatic rings. The fourth-order valence-corrected chi connectivity index (χ4v) is 3.90. The maximum Gasteiger partial charge on any atom is 0.344 e. The van der Waals surface area contributed by atoms with Gasteiger partial charge in [-0.2, -0.15) is 5.01 Å². The third-order valence-corrected chi connectivity index (χ3v) is 5.79. The molecule has 45 heavy (non-hydrogen) atoms. The van der Waals surface area contributed by atoms with Crippen molar-refractivity contribution in [2.45, 2.75) is 77.9 Å². The zero-order valence-electron chi connectivity index (χ0n) is 25.8. The molecule has 1 aliphatic rings. The second-order valence-corrected chi connectivity index (χ2v) is 10.3. The molecule has 0 bridgehead atoms. The number of carboxylic acid groups (broad SMARTS) is 2. The Morgan fingerprint density at radius 1 is 0.956 bits per heavy atom. The largest absolute Gasteiger partial charge is 0.481 e. The van der Waals surface area contributed by atoms with Crippen LogP contribution < -0.4 is 38.1 Å². The van der Waals surface area contributed by atoms with Crippen LogP contribution in [0.25, 0.3) is 0 Å². The number of rotatable bonds is 17. The molecule has 1 heterocycles. The van der Waals surface area contributed by atoms with E-state index < -0.39 is 66.1 Å². The summed E-state index contributed by atoms with van der Waals surface area (Å²) in [5, 5.41) is 44.9. The van der Waals surface area contributed by atoms with E-state index in [2.05, 4.69) is 26.6 Å². The normalized spacial score (nSPS) is 15.0. The minimum absolute atomic E-state index is 0.0648. The molecule has 3 atom stereocenters. The van der Waals surface area contributed by atoms with E-state index in [0.717, 1.165) is 13.8 Å². The molecule has 0 aromatic heterocycles. The highest BCUT2D eigenvalue weighted by Crippen LogP contribution is 2.19. The van der Waals surface area contributed by atoms with Crippen LogP contribution in [-0.2, 0) is 28.8 Å². The third kappa shape index (κ3) is 15.7. The fourth-order valence-electron chi connectivity index (χ4n) is 3.90. The van der Waals surface area contributed by atoms with Crippen LogP contribution in [0, 0.1) is 16.7 Å². The standard InChI is InChI=1S/C23H41N11O7.C2H4O2/c1-12(2)11-30-18(38)14(6-4-8-28-21(24)25)31-19(39)16(10-17(36)37)33(13(3)35)34-20(40)15(32-23(34)41)7-5-9-29-22(26)27;1-2(3)4/h12,14-16H,4-11H2,1-3H3,(H,30,38)(H,31,39)(H,32,41)(H,36,37)(H4,24,25,28)(H4,26,27,29);1H3,(H,3,4)/t14-,15-,16?;/m0./s1. The van der Waals surface area contributed by atoms with Crippen LogP contribution in [0.4, 0.5) is 4.79 Å². The van der Waals surface area contributed by atoms with Crippen molar-refractivity contribution in [1.82, 2.24) is 36.6 Å². The lowest BCUT2D eigenvalue weighted by molar-refractivity contribution is -0.165. The van der Waals surface area contributed by atoms with E-state index >= 15 is 0 Å². The molecule has 1 rings (SSSR count). The van der Waals surface area contributed by atoms with Gasteiger partial charge in [0.2, 0.25) is 17.7 Å². The number of nitrogens with zero attached hydrogens (tertiary/aromatic N) is 2. The Hall–Kier alpha value is -5.17. The number of nitrogens with two attached hydrogens (primary N) is 2. The maximum absolute atomic E-state index is 13.4. The van der Waals surface area contributed by atoms with E-state index in [0.29, 0.717) is 23.0 Å². The van der Waals surface area contributed by atoms with Gasteiger partial charge in [0.05, 0.1) is 6.42 Å². The van der Waals surface area contributed by atoms with Crippen LogP contribution in [0.2, 0.25) is 0 Å². The Labute approximate surface area is 260 Å². The predicted molar refractivity (Wildman–Crippen MR) is 159 cm³/mol. The van der Waals surface area contributed by atoms with Crippen LogP contribution in [0.5, 0.6) is 0 Å². The molecule has 0 aliphatic carbocycles. The van der Waals surface area contributed by atoms with Gasteiger partial charge in [0.1, 0.15) is 18.1 Å². The van der Waals surface area contributed by atoms with E-state index in [1.807, 2.05) is 13.8 Å². The molecule has 13 N–H and O–H groups in total. The molecule has 1 saturated heterocycles. The number of guanidine groups is 2. The molecule has 20 nitrogen and oxygen atoms in total. The highest BCUT2D eigenvalue weighted by Gasteiger charge is 2.47. The Kier molecular flexibility index (Phi) is 17.6. The molecule has 0 radical (unpaired) electrons. The van der Waals surface area contributed by atoms with Gasteiger partial charge < -0.3 is 48.3 Å². The average Bonchev–Trinajstić information content (AvgIpc) is 3.17. The molecule has 254 valence electrons. The number of imide groups is 1. The van der Waals surface area contributed by atoms with Crippen molar-refractivity contribution in [3.63, 3.8) is 0 Å². The number of carboxylic acids is 2. The molecule has 0 saturated carbocycles. The summed E-state index contributed by atoms with van der Waals surface area (Å²) in [5.41, 5.74) is 10.5. The number of aliphatic carboxylic acids is 2. The van der Waals surface area contributed by atoms with Crippen molar-refractivity contribution in [2.24, 2.45) is 17.4 Å². The smallest absolute Gasteiger partial charge is 0.344 e. The Morgan fingerprint density at radius 2 is 1.49 bits per heavy atom. The summed E-state index contributed by atoms with van der Waals surface area (Å²) in [6.07, 6.45) is -0.200. The van der Waals surface area contributed by atoms with Gasteiger partial charge in [0.25, 0.3) is 11.9 Å². The van der Waals surface area contributed by atoms with Gasteiger partial charge in [-0.05, 0) is 31.6 Å². The molecular weight excluding hydrogens is 598 g/mol. The quantitative estimate of drug-likeness (QED) is 0.0335. The van der Waals surface area contributed by atoms with Crippen LogP contribution in [-0.4, -0.2) is 112 Å². The number of hydrogen-bond acceptors (Lipinski definition) is 9. The number of urea groups is 1. The van der Waals surface area contributed by atoms with Gasteiger partial charge in [-0.3, -0.25) is 39.6 Å². The lowest BCUT2D eigenvalue weighted by Gasteiger charge is -2.34. The fraction of sp³-hybridized carbons (Fsp3) is 0.640. The average molecular weight is 644 g/mol. The summed E-state index contributed by atoms with van der Waals surface area (Å²) >= 11 is 0. The minimum Gasteiger partial charge on any atom is -0.481 e. The molecular formula is C25H45N11O9. The van der Waals surface area contributed by atoms with Crippen molar-refractivity contribution < 1.29 is 43.8 Å². The zero-order chi connectivity index (χ0) is 34.9. The van der Waals surface area contributed by atoms with Crippen molar-refractivity contribution in [3.05, 3.63) is 0 Å². The monoisotopic (exact) mass is 643 g/mol. The number of nitrogens with one attached hydrogen (secondary N) is 7. The van der Waals surface area contributed by atoms with E-state index in [-0.39, 0.29) is 50.2 Å². The van der Waals surface area contributed by atoms with Crippen LogP contribution >= 0.6 is 0 Å². The Balaban J connectivity index is 0.00000454. The van der Waals surface area contributed by atoms with Crippen molar-refractivity contribution in [3.8, 4) is 0 Å². The van der Waals surface area contributed by atoms with Gasteiger partial charge in [0.15, 0.2) is 11.9 Å². The lowest BCUT2D eigenvalue weighted by Crippen LogP contribution is -2.61. The van der Waals surface area contributed by atoms with E-state index in [4.69, 9.17) is 32.2 Å². The lowest BCUT2D eigenvalue weighted by atomic mass is 10.1. The first-order valence-electron chi connectivity index (χ1n) is 14.0. The highest BCUT2D eigenvalue weighted by atomic mass is 16.4. The maximum atomic E-state index is 13.4. The van der Waals surface area contributed by atoms with Crippen molar-refractivity contribution in [2.75, 3.05) is 19.6 Å². The van der Waals surface area contributed by atoms with Gasteiger partial charge in [0, 0.05) is 33.5 Å². The first-order chi connectivity index (χ1) is 20.9. The molecule has 1 fully saturated rings. The molecule has 20 heteroatoms. The third-order valence-electron chi connectivity index (χ3n) is 5.79. The zero-order valence-corrected chi connectivity index (χ0v) is 25.8. The first kappa shape index (κ1) is 39.8. The van der Waals surface area contributed by atoms with Gasteiger partial charge >= 0.3 is 12.0 Å². The van der Waals surface area contributed by atoms with E-state index in [1.165, 1.54) is 0 Å². The molecule has 1 aliphatic heterocycles. The minimum atomic E-state index is -1.85. The number of carbonyl (C=O) groups is 7. The molecule has 0 spiro atoms. The Morgan fingerprint density at radius 3 is 1.96 bits per heavy atom. The topological polar surface area (TPSA) is 326 Å². The Bertz CT molecular complexity index is 1110. The molecule has 6 amide bonds. The van der Waals surface area contributed by atoms with Gasteiger partial charge in [-0.25, -0.2) is 9.80 Å². The second kappa shape index (κ2) is 19.9. The summed E-state index contributed by atoms with van der Waals surface area (Å²) in [6, 6.07) is -5.12. The number of hydrogen-bond donors (Lipinski definition) is 11. The van der Waals surface area contributed by atoms with E-state index in [1.54, 1.807) is 0 Å². The summed E-state index contributed by atoms with van der Waals surface area (Å²) < 4.78 is 0. The van der Waals surface area contributed by atoms with Crippen molar-refractivity contribution >= 4 is 53.5 Å². The summed E-state index contributed by atoms with van der Waals surface area (Å²) in [6.45, 7) is 6.52. The summed E-state index contributed by atoms with van der Waals surface area (Å²) in [4.78, 5) is 85.5. The van der Waals surface area contributed by atoms with Crippen molar-refractivity contribution in [1.29, 1.82) is 10.8 Å². The van der Waals surface area contributed by atoms with E-state index in [9.17, 15) is 33.9 Å². The van der Waals surface area contributed by atoms with Crippen LogP contribution in [0.15, 0.2) is 0 Å². The highest BCUT2D eigenvalue weighted by molar-refractivity contribution is 6.06. The number of hydrazine groups is 1. The first-order valence-corrected chi connectivity index (χ1v) is 14.0. The molecule has 0 aromatic carbocycles. The summed E-state index contributed by atoms with van der Waals surface area (Å²) in [5.74, 6) is -6.26. The number of amides is 6. The predicted octanol–water partition coefficient (Wildman–Crippen LogP) is -2.61. The van der Waals surface area contributed by atoms with Gasteiger partial charge in [-0.15, -0.1) is 0 Å². The SMILES string of the molecule is CC(=O)N(C(CC(=O)O)C(=O)N[C@@H](CCCNC(=N)N)C(=O)NCC(C)C)N1C(=O)N[C@@H](CCCNC(=N)N)C1=O.CC(=O)O. The molecule has 1 unspecified atom stereocenters. The van der Waals surface area contributed by atoms with Gasteiger partial charge in [-0.1, -0.05) is 13.8 Å². The van der Waals surface area contributed by atoms with Crippen LogP contribution in [0.1, 0.15) is 59.8 Å².